The summed E-state index contributed by atoms with van der Waals surface area (Å²) in [5.74, 6) is -3.04. The molecular formula is C53H93N7O34. The van der Waals surface area contributed by atoms with Crippen molar-refractivity contribution in [2.24, 2.45) is 17.2 Å². The van der Waals surface area contributed by atoms with Gasteiger partial charge in [0.15, 0.2) is 44.0 Å². The third kappa shape index (κ3) is 17.9. The molecule has 7 saturated heterocycles. The van der Waals surface area contributed by atoms with Crippen LogP contribution in [0, 0.1) is 0 Å². The van der Waals surface area contributed by atoms with Gasteiger partial charge in [-0.3, -0.25) is 19.2 Å². The number of ether oxygens (including phenoxy) is 14. The predicted octanol–water partition coefficient (Wildman–Crippen LogP) is -15.4. The molecule has 94 heavy (non-hydrogen) atoms. The van der Waals surface area contributed by atoms with Crippen molar-refractivity contribution >= 4 is 23.6 Å². The quantitative estimate of drug-likeness (QED) is 0.0340. The zero-order chi connectivity index (χ0) is 69.3. The average Bonchev–Trinajstić information content (AvgIpc) is 0.781. The lowest BCUT2D eigenvalue weighted by Crippen LogP contribution is -2.71. The highest BCUT2D eigenvalue weighted by molar-refractivity contribution is 5.74. The van der Waals surface area contributed by atoms with Gasteiger partial charge in [0.05, 0.1) is 77.1 Å². The molecule has 4 amide bonds. The van der Waals surface area contributed by atoms with E-state index >= 15 is 0 Å². The molecule has 7 aliphatic heterocycles. The Bertz CT molecular complexity index is 2390. The fourth-order valence-corrected chi connectivity index (χ4v) is 12.0. The third-order valence-electron chi connectivity index (χ3n) is 16.9. The van der Waals surface area contributed by atoms with Gasteiger partial charge in [0.2, 0.25) is 23.6 Å². The van der Waals surface area contributed by atoms with Crippen molar-refractivity contribution < 1.29 is 167 Å². The molecular weight excluding hydrogens is 1280 g/mol. The van der Waals surface area contributed by atoms with Crippen molar-refractivity contribution in [1.82, 2.24) is 21.3 Å². The van der Waals surface area contributed by atoms with Crippen LogP contribution >= 0.6 is 0 Å². The molecule has 41 heteroatoms. The molecule has 0 aromatic heterocycles. The third-order valence-corrected chi connectivity index (χ3v) is 16.9. The van der Waals surface area contributed by atoms with Gasteiger partial charge < -0.3 is 186 Å². The van der Waals surface area contributed by atoms with Crippen molar-refractivity contribution in [2.45, 2.75) is 249 Å². The van der Waals surface area contributed by atoms with E-state index in [4.69, 9.17) is 83.5 Å². The molecule has 0 saturated carbocycles. The summed E-state index contributed by atoms with van der Waals surface area (Å²) in [4.78, 5) is 50.2. The van der Waals surface area contributed by atoms with Gasteiger partial charge >= 0.3 is 0 Å². The molecule has 7 fully saturated rings. The summed E-state index contributed by atoms with van der Waals surface area (Å²) in [6.45, 7) is -2.30. The Hall–Kier alpha value is -3.44. The molecule has 7 heterocycles. The van der Waals surface area contributed by atoms with Crippen LogP contribution in [-0.4, -0.2) is 379 Å². The Morgan fingerprint density at radius 3 is 1.09 bits per heavy atom. The van der Waals surface area contributed by atoms with Crippen LogP contribution in [0.2, 0.25) is 0 Å². The number of carbonyl (C=O) groups excluding carboxylic acids is 4. The molecule has 7 aliphatic rings. The van der Waals surface area contributed by atoms with Crippen LogP contribution in [-0.2, 0) is 85.5 Å². The van der Waals surface area contributed by atoms with Gasteiger partial charge in [0.25, 0.3) is 0 Å². The van der Waals surface area contributed by atoms with Crippen LogP contribution < -0.4 is 38.5 Å². The van der Waals surface area contributed by atoms with Crippen LogP contribution in [0.25, 0.3) is 0 Å². The zero-order valence-electron chi connectivity index (χ0n) is 51.5. The molecule has 0 bridgehead atoms. The van der Waals surface area contributed by atoms with Crippen molar-refractivity contribution in [2.75, 3.05) is 59.4 Å². The number of aliphatic hydroxyl groups excluding tert-OH is 16. The zero-order valence-corrected chi connectivity index (χ0v) is 51.5. The van der Waals surface area contributed by atoms with E-state index in [1.54, 1.807) is 0 Å². The molecule has 0 radical (unpaired) electrons. The van der Waals surface area contributed by atoms with Gasteiger partial charge in [0.1, 0.15) is 146 Å². The van der Waals surface area contributed by atoms with E-state index in [1.807, 2.05) is 0 Å². The molecule has 0 aromatic carbocycles. The SMILES string of the molecule is CC(=O)N[C@H]1[C@H](O[C@H]2[C@H](O)[C@@H](NC(C)=O)[C@H](OCCCN)O[C@@H]2CO)O[C@H](CO)[C@@H](O[C@@H]2O[C@H](CO[C@H]3O[C@H](CO)[C@@H](O)[C@H](O)[C@@H]3O[C@@H]3O[C@H](CO)[C@@H](N)[C@H](O)[C@H]3NC(C)=O)[C@@H](O)[C@H](O[C@H]3O[C@H](CO)[C@@H](O)[C@H](O)[C@@H]3O[C@@H]3O[C@H](CO)[C@@H](N)[C@H](O)[C@H]3NC(C)=O)[C@@H]2O)[C@@H]1O. The van der Waals surface area contributed by atoms with E-state index in [2.05, 4.69) is 21.3 Å². The monoisotopic (exact) mass is 1370 g/mol. The van der Waals surface area contributed by atoms with E-state index in [9.17, 15) is 101 Å². The fraction of sp³-hybridized carbons (Fsp3) is 0.925. The Morgan fingerprint density at radius 1 is 0.340 bits per heavy atom. The van der Waals surface area contributed by atoms with Crippen molar-refractivity contribution in [3.8, 4) is 0 Å². The van der Waals surface area contributed by atoms with Crippen molar-refractivity contribution in [3.05, 3.63) is 0 Å². The summed E-state index contributed by atoms with van der Waals surface area (Å²) in [5, 5.41) is 189. The Balaban J connectivity index is 1.24. The fourth-order valence-electron chi connectivity index (χ4n) is 12.0. The van der Waals surface area contributed by atoms with Gasteiger partial charge in [-0.25, -0.2) is 0 Å². The van der Waals surface area contributed by atoms with Gasteiger partial charge in [0, 0.05) is 27.7 Å². The first-order chi connectivity index (χ1) is 44.6. The Morgan fingerprint density at radius 2 is 0.670 bits per heavy atom. The second kappa shape index (κ2) is 35.1. The summed E-state index contributed by atoms with van der Waals surface area (Å²) in [6.07, 6.45) is -55.3. The lowest BCUT2D eigenvalue weighted by Gasteiger charge is -2.51. The molecule has 41 nitrogen and oxygen atoms in total. The standard InChI is InChI=1S/C53H93N7O34/c1-15(67)57-28-35(74)26(55)19(8-61)83-48(28)93-45-39(78)32(71)21(10-63)85-52(45)82-14-25-34(73)44(92-53-46(40(79)33(72)22(11-64)86-53)94-49-29(58-16(2)68)36(75)27(56)20(9-62)84-49)41(80)51(89-25)91-43-24(13-66)88-50(31(38(43)77)60-18(4)70)90-42-23(12-65)87-47(81-7-5-6-54)30(37(42)76)59-17(3)69/h19-53,61-66,71-80H,5-14,54-56H2,1-4H3,(H,57,67)(H,58,68)(H,59,69)(H,60,70)/t19-,20-,21-,22-,23-,24-,25-,26-,27-,28-,29-,30-,31-,32-,33-,34-,35+,36+,37-,38-,39+,40+,41+,42-,43-,44+,45+,46+,47-,48+,49+,50+,51+,52+,53-/m1/s1. The summed E-state index contributed by atoms with van der Waals surface area (Å²) < 4.78 is 84.0. The lowest BCUT2D eigenvalue weighted by atomic mass is 9.93. The van der Waals surface area contributed by atoms with Gasteiger partial charge in [-0.15, -0.1) is 0 Å². The van der Waals surface area contributed by atoms with E-state index in [0.29, 0.717) is 6.42 Å². The Kier molecular flexibility index (Phi) is 29.1. The predicted molar refractivity (Wildman–Crippen MR) is 300 cm³/mol. The maximum Gasteiger partial charge on any atom is 0.217 e. The summed E-state index contributed by atoms with van der Waals surface area (Å²) in [6, 6.07) is -9.03. The van der Waals surface area contributed by atoms with Gasteiger partial charge in [-0.2, -0.15) is 0 Å². The number of nitrogens with two attached hydrogens (primary N) is 3. The van der Waals surface area contributed by atoms with Crippen LogP contribution in [0.3, 0.4) is 0 Å². The maximum atomic E-state index is 13.0. The van der Waals surface area contributed by atoms with Crippen LogP contribution in [0.5, 0.6) is 0 Å². The Labute approximate surface area is 536 Å². The molecule has 0 spiro atoms. The van der Waals surface area contributed by atoms with Crippen molar-refractivity contribution in [1.29, 1.82) is 0 Å². The van der Waals surface area contributed by atoms with E-state index in [1.165, 1.54) is 0 Å². The minimum Gasteiger partial charge on any atom is -0.394 e. The largest absolute Gasteiger partial charge is 0.394 e. The first-order valence-corrected chi connectivity index (χ1v) is 30.4. The van der Waals surface area contributed by atoms with E-state index in [0.717, 1.165) is 27.7 Å². The highest BCUT2D eigenvalue weighted by atomic mass is 16.8. The lowest BCUT2D eigenvalue weighted by molar-refractivity contribution is -0.394. The molecule has 35 atom stereocenters. The number of hydrogen-bond donors (Lipinski definition) is 23. The number of amides is 4. The molecule has 0 unspecified atom stereocenters. The van der Waals surface area contributed by atoms with Gasteiger partial charge in [-0.05, 0) is 13.0 Å². The van der Waals surface area contributed by atoms with Crippen molar-refractivity contribution in [3.63, 3.8) is 0 Å². The van der Waals surface area contributed by atoms with Crippen LogP contribution in [0.4, 0.5) is 0 Å². The molecule has 0 aromatic rings. The van der Waals surface area contributed by atoms with E-state index in [-0.39, 0.29) is 13.2 Å². The topological polar surface area (TPSA) is 647 Å². The number of nitrogens with one attached hydrogen (secondary N) is 4. The van der Waals surface area contributed by atoms with Gasteiger partial charge in [-0.1, -0.05) is 0 Å². The summed E-state index contributed by atoms with van der Waals surface area (Å²) in [7, 11) is 0. The molecule has 7 rings (SSSR count). The number of hydrogen-bond acceptors (Lipinski definition) is 37. The highest BCUT2D eigenvalue weighted by Gasteiger charge is 2.59. The molecule has 26 N–H and O–H groups in total. The second-order valence-electron chi connectivity index (χ2n) is 23.7. The van der Waals surface area contributed by atoms with Crippen LogP contribution in [0.1, 0.15) is 34.1 Å². The smallest absolute Gasteiger partial charge is 0.217 e. The van der Waals surface area contributed by atoms with E-state index < -0.39 is 284 Å². The minimum absolute atomic E-state index is 0.0139. The number of rotatable bonds is 27. The molecule has 0 aliphatic carbocycles. The second-order valence-corrected chi connectivity index (χ2v) is 23.7. The average molecular weight is 1370 g/mol. The van der Waals surface area contributed by atoms with Crippen LogP contribution in [0.15, 0.2) is 0 Å². The highest BCUT2D eigenvalue weighted by Crippen LogP contribution is 2.38. The first-order valence-electron chi connectivity index (χ1n) is 30.4. The number of carbonyl (C=O) groups is 4. The minimum atomic E-state index is -2.42. The summed E-state index contributed by atoms with van der Waals surface area (Å²) >= 11 is 0. The first kappa shape index (κ1) is 77.9. The normalized spacial score (nSPS) is 46.1. The molecule has 544 valence electrons. The number of aliphatic hydroxyl groups is 16. The summed E-state index contributed by atoms with van der Waals surface area (Å²) in [5.41, 5.74) is 17.8. The maximum absolute atomic E-state index is 13.0.